The van der Waals surface area contributed by atoms with Gasteiger partial charge in [0.15, 0.2) is 0 Å². The predicted octanol–water partition coefficient (Wildman–Crippen LogP) is 1.59. The predicted molar refractivity (Wildman–Crippen MR) is 91.4 cm³/mol. The number of amides is 2. The van der Waals surface area contributed by atoms with Gasteiger partial charge in [-0.3, -0.25) is 9.59 Å². The molecule has 1 saturated heterocycles. The molecule has 2 heterocycles. The fourth-order valence-corrected chi connectivity index (χ4v) is 3.44. The van der Waals surface area contributed by atoms with Crippen molar-refractivity contribution in [1.82, 2.24) is 10.2 Å². The molecule has 1 aliphatic rings. The number of carbonyl (C=O) groups is 2. The van der Waals surface area contributed by atoms with E-state index in [-0.39, 0.29) is 36.1 Å². The molecule has 7 heteroatoms. The fraction of sp³-hybridized carbons (Fsp3) is 0.600. The zero-order valence-corrected chi connectivity index (χ0v) is 14.4. The summed E-state index contributed by atoms with van der Waals surface area (Å²) in [5, 5.41) is 4.80. The van der Waals surface area contributed by atoms with Gasteiger partial charge in [-0.2, -0.15) is 0 Å². The van der Waals surface area contributed by atoms with Gasteiger partial charge in [0.2, 0.25) is 11.8 Å². The van der Waals surface area contributed by atoms with Gasteiger partial charge in [0.25, 0.3) is 0 Å². The van der Waals surface area contributed by atoms with Crippen LogP contribution in [0.4, 0.5) is 0 Å². The van der Waals surface area contributed by atoms with Gasteiger partial charge in [-0.1, -0.05) is 6.07 Å². The number of nitrogens with zero attached hydrogens (tertiary/aromatic N) is 1. The lowest BCUT2D eigenvalue weighted by Crippen LogP contribution is -2.47. The van der Waals surface area contributed by atoms with Crippen LogP contribution in [0.25, 0.3) is 0 Å². The number of halogens is 1. The Morgan fingerprint density at radius 2 is 2.32 bits per heavy atom. The molecule has 0 radical (unpaired) electrons. The van der Waals surface area contributed by atoms with Crippen molar-refractivity contribution >= 4 is 35.6 Å². The highest BCUT2D eigenvalue weighted by molar-refractivity contribution is 7.10. The first kappa shape index (κ1) is 18.9. The highest BCUT2D eigenvalue weighted by atomic mass is 35.5. The molecule has 3 N–H and O–H groups in total. The maximum absolute atomic E-state index is 12.6. The summed E-state index contributed by atoms with van der Waals surface area (Å²) >= 11 is 1.60. The molecule has 1 aromatic rings. The number of rotatable bonds is 5. The van der Waals surface area contributed by atoms with Gasteiger partial charge < -0.3 is 16.0 Å². The van der Waals surface area contributed by atoms with E-state index in [2.05, 4.69) is 5.32 Å². The molecular weight excluding hydrogens is 322 g/mol. The highest BCUT2D eigenvalue weighted by Crippen LogP contribution is 2.25. The topological polar surface area (TPSA) is 75.4 Å². The molecule has 0 aliphatic carbocycles. The zero-order valence-electron chi connectivity index (χ0n) is 12.8. The lowest BCUT2D eigenvalue weighted by Gasteiger charge is -2.33. The summed E-state index contributed by atoms with van der Waals surface area (Å²) in [6.45, 7) is 4.14. The molecule has 5 nitrogen and oxygen atoms in total. The summed E-state index contributed by atoms with van der Waals surface area (Å²) < 4.78 is 0. The Bertz CT molecular complexity index is 481. The second kappa shape index (κ2) is 9.12. The molecule has 1 fully saturated rings. The number of nitrogens with one attached hydrogen (secondary N) is 1. The van der Waals surface area contributed by atoms with E-state index in [4.69, 9.17) is 5.73 Å². The molecule has 0 spiro atoms. The minimum atomic E-state index is -0.129. The Balaban J connectivity index is 0.00000242. The van der Waals surface area contributed by atoms with Crippen molar-refractivity contribution in [2.24, 2.45) is 11.7 Å². The molecule has 2 amide bonds. The summed E-state index contributed by atoms with van der Waals surface area (Å²) in [6, 6.07) is 3.95. The first-order chi connectivity index (χ1) is 10.1. The third-order valence-corrected chi connectivity index (χ3v) is 4.94. The van der Waals surface area contributed by atoms with Gasteiger partial charge in [0, 0.05) is 31.1 Å². The lowest BCUT2D eigenvalue weighted by molar-refractivity contribution is -0.136. The molecule has 1 aliphatic heterocycles. The SMILES string of the molecule is CC(C(=O)N1CCCC(C(=O)NCCN)C1)c1cccs1.Cl. The minimum Gasteiger partial charge on any atom is -0.355 e. The van der Waals surface area contributed by atoms with E-state index in [1.54, 1.807) is 11.3 Å². The van der Waals surface area contributed by atoms with Crippen molar-refractivity contribution in [3.8, 4) is 0 Å². The standard InChI is InChI=1S/C15H23N3O2S.ClH/c1-11(13-5-3-9-21-13)15(20)18-8-2-4-12(10-18)14(19)17-7-6-16;/h3,5,9,11-12H,2,4,6-8,10,16H2,1H3,(H,17,19);1H. The largest absolute Gasteiger partial charge is 0.355 e. The number of piperidine rings is 1. The van der Waals surface area contributed by atoms with Crippen molar-refractivity contribution in [1.29, 1.82) is 0 Å². The van der Waals surface area contributed by atoms with E-state index >= 15 is 0 Å². The number of carbonyl (C=O) groups excluding carboxylic acids is 2. The van der Waals surface area contributed by atoms with Gasteiger partial charge in [-0.25, -0.2) is 0 Å². The summed E-state index contributed by atoms with van der Waals surface area (Å²) in [5.41, 5.74) is 5.40. The summed E-state index contributed by atoms with van der Waals surface area (Å²) in [6.07, 6.45) is 1.72. The second-order valence-corrected chi connectivity index (χ2v) is 6.42. The first-order valence-corrected chi connectivity index (χ1v) is 8.31. The molecule has 1 aromatic heterocycles. The van der Waals surface area contributed by atoms with Crippen molar-refractivity contribution in [3.05, 3.63) is 22.4 Å². The van der Waals surface area contributed by atoms with Gasteiger partial charge in [-0.15, -0.1) is 23.7 Å². The quantitative estimate of drug-likeness (QED) is 0.850. The van der Waals surface area contributed by atoms with E-state index in [1.807, 2.05) is 29.3 Å². The zero-order chi connectivity index (χ0) is 15.2. The Morgan fingerprint density at radius 1 is 1.55 bits per heavy atom. The third kappa shape index (κ3) is 4.69. The van der Waals surface area contributed by atoms with Crippen LogP contribution in [-0.4, -0.2) is 42.9 Å². The average Bonchev–Trinajstić information content (AvgIpc) is 3.05. The van der Waals surface area contributed by atoms with Crippen molar-refractivity contribution in [2.75, 3.05) is 26.2 Å². The van der Waals surface area contributed by atoms with E-state index in [0.29, 0.717) is 19.6 Å². The molecule has 2 rings (SSSR count). The number of thiophene rings is 1. The summed E-state index contributed by atoms with van der Waals surface area (Å²) in [5.74, 6) is -0.101. The van der Waals surface area contributed by atoms with E-state index in [9.17, 15) is 9.59 Å². The Labute approximate surface area is 141 Å². The Kier molecular flexibility index (Phi) is 7.85. The van der Waals surface area contributed by atoms with Gasteiger partial charge in [-0.05, 0) is 31.2 Å². The summed E-state index contributed by atoms with van der Waals surface area (Å²) in [7, 11) is 0. The minimum absolute atomic E-state index is 0. The van der Waals surface area contributed by atoms with Gasteiger partial charge >= 0.3 is 0 Å². The first-order valence-electron chi connectivity index (χ1n) is 7.43. The molecular formula is C15H24ClN3O2S. The van der Waals surface area contributed by atoms with Crippen LogP contribution in [0.5, 0.6) is 0 Å². The fourth-order valence-electron chi connectivity index (χ4n) is 2.66. The van der Waals surface area contributed by atoms with E-state index in [1.165, 1.54) is 0 Å². The number of hydrogen-bond acceptors (Lipinski definition) is 4. The van der Waals surface area contributed by atoms with E-state index in [0.717, 1.165) is 24.3 Å². The van der Waals surface area contributed by atoms with Crippen molar-refractivity contribution in [2.45, 2.75) is 25.7 Å². The van der Waals surface area contributed by atoms with Crippen LogP contribution < -0.4 is 11.1 Å². The Morgan fingerprint density at radius 3 is 2.95 bits per heavy atom. The smallest absolute Gasteiger partial charge is 0.230 e. The lowest BCUT2D eigenvalue weighted by atomic mass is 9.95. The van der Waals surface area contributed by atoms with Crippen LogP contribution in [0.2, 0.25) is 0 Å². The number of hydrogen-bond donors (Lipinski definition) is 2. The maximum atomic E-state index is 12.6. The van der Waals surface area contributed by atoms with Crippen LogP contribution >= 0.6 is 23.7 Å². The van der Waals surface area contributed by atoms with Crippen LogP contribution in [0.3, 0.4) is 0 Å². The van der Waals surface area contributed by atoms with Crippen LogP contribution in [0.15, 0.2) is 17.5 Å². The molecule has 2 atom stereocenters. The number of nitrogens with two attached hydrogens (primary N) is 1. The van der Waals surface area contributed by atoms with Crippen LogP contribution in [-0.2, 0) is 9.59 Å². The molecule has 0 saturated carbocycles. The second-order valence-electron chi connectivity index (χ2n) is 5.44. The molecule has 0 aromatic carbocycles. The molecule has 124 valence electrons. The monoisotopic (exact) mass is 345 g/mol. The molecule has 2 unspecified atom stereocenters. The van der Waals surface area contributed by atoms with Gasteiger partial charge in [0.05, 0.1) is 11.8 Å². The third-order valence-electron chi connectivity index (χ3n) is 3.89. The normalized spacial score (nSPS) is 19.2. The molecule has 0 bridgehead atoms. The van der Waals surface area contributed by atoms with E-state index < -0.39 is 0 Å². The summed E-state index contributed by atoms with van der Waals surface area (Å²) in [4.78, 5) is 27.5. The Hall–Kier alpha value is -1.11. The average molecular weight is 346 g/mol. The highest BCUT2D eigenvalue weighted by Gasteiger charge is 2.30. The van der Waals surface area contributed by atoms with Gasteiger partial charge in [0.1, 0.15) is 0 Å². The van der Waals surface area contributed by atoms with Crippen LogP contribution in [0, 0.1) is 5.92 Å². The van der Waals surface area contributed by atoms with Crippen LogP contribution in [0.1, 0.15) is 30.6 Å². The number of likely N-dealkylation sites (tertiary alicyclic amines) is 1. The molecule has 22 heavy (non-hydrogen) atoms. The maximum Gasteiger partial charge on any atom is 0.230 e. The van der Waals surface area contributed by atoms with Crippen molar-refractivity contribution in [3.63, 3.8) is 0 Å². The van der Waals surface area contributed by atoms with Crippen molar-refractivity contribution < 1.29 is 9.59 Å².